The Morgan fingerprint density at radius 1 is 1.24 bits per heavy atom. The Balaban J connectivity index is 1.46. The van der Waals surface area contributed by atoms with Crippen molar-refractivity contribution in [2.45, 2.75) is 10.1 Å². The lowest BCUT2D eigenvalue weighted by Crippen LogP contribution is -2.40. The predicted molar refractivity (Wildman–Crippen MR) is 121 cm³/mol. The van der Waals surface area contributed by atoms with E-state index in [-0.39, 0.29) is 35.3 Å². The summed E-state index contributed by atoms with van der Waals surface area (Å²) in [7, 11) is -0.485. The van der Waals surface area contributed by atoms with Crippen LogP contribution >= 0.6 is 11.8 Å². The molecule has 1 amide bonds. The standard InChI is InChI=1S/C20H23N5O6S2/c1-24-19(17-4-3-9-31-17)22-23-20(24)32-13-18(26)21-15-12-14(5-6-16(15)29-2)33(27,28)25-7-10-30-11-8-25/h3-6,9,12H,7-8,10-11,13H2,1-2H3,(H,21,26). The second-order valence-electron chi connectivity index (χ2n) is 7.06. The van der Waals surface area contributed by atoms with Gasteiger partial charge < -0.3 is 23.8 Å². The number of carbonyl (C=O) groups is 1. The van der Waals surface area contributed by atoms with Crippen molar-refractivity contribution in [1.29, 1.82) is 0 Å². The molecule has 4 rings (SSSR count). The van der Waals surface area contributed by atoms with Crippen molar-refractivity contribution in [2.75, 3.05) is 44.5 Å². The summed E-state index contributed by atoms with van der Waals surface area (Å²) in [6.45, 7) is 1.26. The van der Waals surface area contributed by atoms with E-state index in [9.17, 15) is 13.2 Å². The Morgan fingerprint density at radius 3 is 2.73 bits per heavy atom. The van der Waals surface area contributed by atoms with E-state index >= 15 is 0 Å². The number of anilines is 1. The van der Waals surface area contributed by atoms with Gasteiger partial charge in [0.25, 0.3) is 0 Å². The number of furan rings is 1. The van der Waals surface area contributed by atoms with Crippen molar-refractivity contribution in [2.24, 2.45) is 7.05 Å². The smallest absolute Gasteiger partial charge is 0.243 e. The summed E-state index contributed by atoms with van der Waals surface area (Å²) in [4.78, 5) is 12.7. The molecule has 1 fully saturated rings. The zero-order chi connectivity index (χ0) is 23.4. The van der Waals surface area contributed by atoms with Crippen LogP contribution in [0, 0.1) is 0 Å². The number of sulfonamides is 1. The lowest BCUT2D eigenvalue weighted by atomic mass is 10.3. The zero-order valence-electron chi connectivity index (χ0n) is 18.1. The molecule has 0 aliphatic carbocycles. The zero-order valence-corrected chi connectivity index (χ0v) is 19.7. The molecule has 176 valence electrons. The first kappa shape index (κ1) is 23.3. The number of rotatable bonds is 8. The molecule has 0 radical (unpaired) electrons. The molecule has 13 heteroatoms. The van der Waals surface area contributed by atoms with Crippen molar-refractivity contribution < 1.29 is 27.1 Å². The maximum Gasteiger partial charge on any atom is 0.243 e. The van der Waals surface area contributed by atoms with Crippen LogP contribution in [0.5, 0.6) is 5.75 Å². The number of hydrogen-bond donors (Lipinski definition) is 1. The SMILES string of the molecule is COc1ccc(S(=O)(=O)N2CCOCC2)cc1NC(=O)CSc1nnc(-c2ccco2)n1C. The highest BCUT2D eigenvalue weighted by atomic mass is 32.2. The van der Waals surface area contributed by atoms with Gasteiger partial charge in [0.05, 0.1) is 42.9 Å². The maximum absolute atomic E-state index is 13.0. The van der Waals surface area contributed by atoms with Gasteiger partial charge in [0.15, 0.2) is 16.7 Å². The molecule has 2 aromatic heterocycles. The summed E-state index contributed by atoms with van der Waals surface area (Å²) < 4.78 is 44.9. The van der Waals surface area contributed by atoms with Gasteiger partial charge in [-0.1, -0.05) is 11.8 Å². The number of aromatic nitrogens is 3. The lowest BCUT2D eigenvalue weighted by molar-refractivity contribution is -0.113. The highest BCUT2D eigenvalue weighted by Crippen LogP contribution is 2.30. The van der Waals surface area contributed by atoms with Gasteiger partial charge in [0.2, 0.25) is 15.9 Å². The van der Waals surface area contributed by atoms with Gasteiger partial charge in [-0.2, -0.15) is 4.31 Å². The van der Waals surface area contributed by atoms with Crippen LogP contribution in [-0.2, 0) is 26.6 Å². The third kappa shape index (κ3) is 5.05. The lowest BCUT2D eigenvalue weighted by Gasteiger charge is -2.26. The molecule has 0 saturated carbocycles. The molecular formula is C20H23N5O6S2. The van der Waals surface area contributed by atoms with E-state index < -0.39 is 10.0 Å². The molecule has 0 bridgehead atoms. The number of nitrogens with zero attached hydrogens (tertiary/aromatic N) is 4. The Bertz CT molecular complexity index is 1220. The van der Waals surface area contributed by atoms with Crippen LogP contribution in [0.3, 0.4) is 0 Å². The maximum atomic E-state index is 13.0. The number of hydrogen-bond acceptors (Lipinski definition) is 9. The van der Waals surface area contributed by atoms with Crippen LogP contribution in [0.15, 0.2) is 51.1 Å². The van der Waals surface area contributed by atoms with Gasteiger partial charge in [0, 0.05) is 20.1 Å². The fourth-order valence-corrected chi connectivity index (χ4v) is 5.40. The van der Waals surface area contributed by atoms with Crippen LogP contribution in [0.2, 0.25) is 0 Å². The molecule has 1 N–H and O–H groups in total. The Morgan fingerprint density at radius 2 is 2.03 bits per heavy atom. The molecule has 3 heterocycles. The number of benzene rings is 1. The molecule has 1 saturated heterocycles. The van der Waals surface area contributed by atoms with Gasteiger partial charge in [-0.15, -0.1) is 10.2 Å². The molecule has 0 spiro atoms. The topological polar surface area (TPSA) is 129 Å². The highest BCUT2D eigenvalue weighted by molar-refractivity contribution is 7.99. The Hall–Kier alpha value is -2.87. The molecule has 0 atom stereocenters. The second kappa shape index (κ2) is 9.95. The van der Waals surface area contributed by atoms with Crippen LogP contribution in [-0.4, -0.2) is 72.6 Å². The average molecular weight is 494 g/mol. The molecular weight excluding hydrogens is 470 g/mol. The first-order valence-electron chi connectivity index (χ1n) is 10.0. The summed E-state index contributed by atoms with van der Waals surface area (Å²) in [5.74, 6) is 1.16. The van der Waals surface area contributed by atoms with Crippen LogP contribution in [0.25, 0.3) is 11.6 Å². The third-order valence-electron chi connectivity index (χ3n) is 4.96. The van der Waals surface area contributed by atoms with Crippen LogP contribution in [0.4, 0.5) is 5.69 Å². The quantitative estimate of drug-likeness (QED) is 0.467. The minimum atomic E-state index is -3.71. The van der Waals surface area contributed by atoms with Crippen LogP contribution < -0.4 is 10.1 Å². The molecule has 1 aliphatic rings. The summed E-state index contributed by atoms with van der Waals surface area (Å²) in [6.07, 6.45) is 1.55. The van der Waals surface area contributed by atoms with Crippen LogP contribution in [0.1, 0.15) is 0 Å². The summed E-state index contributed by atoms with van der Waals surface area (Å²) in [6, 6.07) is 7.92. The molecule has 1 aromatic carbocycles. The normalized spacial score (nSPS) is 14.8. The molecule has 0 unspecified atom stereocenters. The molecule has 3 aromatic rings. The summed E-state index contributed by atoms with van der Waals surface area (Å²) in [5, 5.41) is 11.5. The number of ether oxygens (including phenoxy) is 2. The van der Waals surface area contributed by atoms with E-state index in [1.807, 2.05) is 0 Å². The highest BCUT2D eigenvalue weighted by Gasteiger charge is 2.27. The van der Waals surface area contributed by atoms with Crippen molar-refractivity contribution >= 4 is 33.4 Å². The van der Waals surface area contributed by atoms with E-state index in [4.69, 9.17) is 13.9 Å². The number of morpholine rings is 1. The number of nitrogens with one attached hydrogen (secondary N) is 1. The minimum absolute atomic E-state index is 0.0354. The van der Waals surface area contributed by atoms with Gasteiger partial charge >= 0.3 is 0 Å². The fraction of sp³-hybridized carbons (Fsp3) is 0.350. The van der Waals surface area contributed by atoms with E-state index in [1.54, 1.807) is 30.0 Å². The Kier molecular flexibility index (Phi) is 7.02. The van der Waals surface area contributed by atoms with Crippen molar-refractivity contribution in [3.05, 3.63) is 36.6 Å². The monoisotopic (exact) mass is 493 g/mol. The number of amides is 1. The largest absolute Gasteiger partial charge is 0.495 e. The minimum Gasteiger partial charge on any atom is -0.495 e. The summed E-state index contributed by atoms with van der Waals surface area (Å²) in [5.41, 5.74) is 0.270. The van der Waals surface area contributed by atoms with Gasteiger partial charge in [-0.3, -0.25) is 4.79 Å². The molecule has 33 heavy (non-hydrogen) atoms. The summed E-state index contributed by atoms with van der Waals surface area (Å²) >= 11 is 1.19. The van der Waals surface area contributed by atoms with E-state index in [2.05, 4.69) is 15.5 Å². The van der Waals surface area contributed by atoms with Crippen molar-refractivity contribution in [1.82, 2.24) is 19.1 Å². The first-order chi connectivity index (χ1) is 15.9. The second-order valence-corrected chi connectivity index (χ2v) is 9.94. The van der Waals surface area contributed by atoms with E-state index in [0.717, 1.165) is 0 Å². The average Bonchev–Trinajstić information content (AvgIpc) is 3.48. The first-order valence-corrected chi connectivity index (χ1v) is 12.4. The molecule has 1 aliphatic heterocycles. The Labute approximate surface area is 195 Å². The number of carbonyl (C=O) groups excluding carboxylic acids is 1. The molecule has 11 nitrogen and oxygen atoms in total. The van der Waals surface area contributed by atoms with E-state index in [0.29, 0.717) is 35.7 Å². The van der Waals surface area contributed by atoms with Gasteiger partial charge in [-0.25, -0.2) is 8.42 Å². The van der Waals surface area contributed by atoms with Crippen molar-refractivity contribution in [3.8, 4) is 17.3 Å². The van der Waals surface area contributed by atoms with E-state index in [1.165, 1.54) is 41.4 Å². The van der Waals surface area contributed by atoms with Crippen molar-refractivity contribution in [3.63, 3.8) is 0 Å². The van der Waals surface area contributed by atoms with Gasteiger partial charge in [0.1, 0.15) is 5.75 Å². The van der Waals surface area contributed by atoms with Gasteiger partial charge in [-0.05, 0) is 30.3 Å². The fourth-order valence-electron chi connectivity index (χ4n) is 3.26. The number of methoxy groups -OCH3 is 1. The predicted octanol–water partition coefficient (Wildman–Crippen LogP) is 1.84. The number of thioether (sulfide) groups is 1. The third-order valence-corrected chi connectivity index (χ3v) is 7.88.